The fraction of sp³-hybridized carbons (Fsp3) is 0.650. The number of amides is 2. The van der Waals surface area contributed by atoms with E-state index in [2.05, 4.69) is 15.2 Å². The molecule has 1 aromatic heterocycles. The molecule has 2 aliphatic rings. The third kappa shape index (κ3) is 5.66. The minimum absolute atomic E-state index is 0.000449. The standard InChI is InChI=1S/C20H30N4O3/c1-2-27-19(25)16-6-13-24(14-7-16)20(26)22-17-8-11-23(12-9-17)15-18-5-3-4-10-21-18/h3-5,10,16-17H,2,6-9,11-15H2,1H3,(H,22,26). The van der Waals surface area contributed by atoms with Gasteiger partial charge in [0.2, 0.25) is 0 Å². The van der Waals surface area contributed by atoms with Crippen molar-refractivity contribution in [1.82, 2.24) is 20.1 Å². The Bertz CT molecular complexity index is 609. The summed E-state index contributed by atoms with van der Waals surface area (Å²) in [5.74, 6) is -0.193. The summed E-state index contributed by atoms with van der Waals surface area (Å²) >= 11 is 0. The van der Waals surface area contributed by atoms with E-state index in [0.717, 1.165) is 38.2 Å². The summed E-state index contributed by atoms with van der Waals surface area (Å²) < 4.78 is 5.08. The average Bonchev–Trinajstić information content (AvgIpc) is 2.70. The van der Waals surface area contributed by atoms with Gasteiger partial charge in [0.25, 0.3) is 0 Å². The first-order valence-corrected chi connectivity index (χ1v) is 10.00. The summed E-state index contributed by atoms with van der Waals surface area (Å²) in [5.41, 5.74) is 1.09. The van der Waals surface area contributed by atoms with Gasteiger partial charge >= 0.3 is 12.0 Å². The molecule has 2 saturated heterocycles. The molecule has 0 bridgehead atoms. The number of aromatic nitrogens is 1. The van der Waals surface area contributed by atoms with Crippen LogP contribution in [0.5, 0.6) is 0 Å². The van der Waals surface area contributed by atoms with Crippen molar-refractivity contribution in [2.75, 3.05) is 32.8 Å². The van der Waals surface area contributed by atoms with Crippen LogP contribution in [0.25, 0.3) is 0 Å². The van der Waals surface area contributed by atoms with E-state index >= 15 is 0 Å². The van der Waals surface area contributed by atoms with Crippen LogP contribution >= 0.6 is 0 Å². The smallest absolute Gasteiger partial charge is 0.317 e. The van der Waals surface area contributed by atoms with Gasteiger partial charge in [-0.15, -0.1) is 0 Å². The monoisotopic (exact) mass is 374 g/mol. The number of carbonyl (C=O) groups is 2. The summed E-state index contributed by atoms with van der Waals surface area (Å²) in [5, 5.41) is 3.17. The molecule has 0 aromatic carbocycles. The van der Waals surface area contributed by atoms with Gasteiger partial charge in [0, 0.05) is 45.0 Å². The number of nitrogens with one attached hydrogen (secondary N) is 1. The van der Waals surface area contributed by atoms with Crippen molar-refractivity contribution >= 4 is 12.0 Å². The Morgan fingerprint density at radius 2 is 1.89 bits per heavy atom. The maximum Gasteiger partial charge on any atom is 0.317 e. The first-order valence-electron chi connectivity index (χ1n) is 10.00. The topological polar surface area (TPSA) is 74.8 Å². The molecule has 7 heteroatoms. The third-order valence-corrected chi connectivity index (χ3v) is 5.43. The Labute approximate surface area is 161 Å². The summed E-state index contributed by atoms with van der Waals surface area (Å²) in [6, 6.07) is 6.22. The van der Waals surface area contributed by atoms with Gasteiger partial charge < -0.3 is 15.0 Å². The van der Waals surface area contributed by atoms with E-state index in [1.54, 1.807) is 0 Å². The number of esters is 1. The minimum Gasteiger partial charge on any atom is -0.466 e. The van der Waals surface area contributed by atoms with Crippen LogP contribution in [0.15, 0.2) is 24.4 Å². The van der Waals surface area contributed by atoms with Crippen LogP contribution in [0.3, 0.4) is 0 Å². The van der Waals surface area contributed by atoms with Crippen LogP contribution in [-0.2, 0) is 16.1 Å². The second-order valence-electron chi connectivity index (χ2n) is 7.33. The van der Waals surface area contributed by atoms with Crippen molar-refractivity contribution in [1.29, 1.82) is 0 Å². The molecule has 2 amide bonds. The van der Waals surface area contributed by atoms with Gasteiger partial charge in [-0.1, -0.05) is 6.07 Å². The zero-order valence-electron chi connectivity index (χ0n) is 16.1. The van der Waals surface area contributed by atoms with Gasteiger partial charge in [-0.05, 0) is 44.7 Å². The van der Waals surface area contributed by atoms with Gasteiger partial charge in [0.15, 0.2) is 0 Å². The molecular formula is C20H30N4O3. The van der Waals surface area contributed by atoms with Crippen LogP contribution in [0.1, 0.15) is 38.3 Å². The summed E-state index contributed by atoms with van der Waals surface area (Å²) in [6.45, 7) is 6.27. The van der Waals surface area contributed by atoms with E-state index in [9.17, 15) is 9.59 Å². The maximum absolute atomic E-state index is 12.5. The van der Waals surface area contributed by atoms with Crippen LogP contribution in [0.4, 0.5) is 4.79 Å². The molecule has 0 saturated carbocycles. The summed E-state index contributed by atoms with van der Waals surface area (Å²) in [6.07, 6.45) is 5.12. The Balaban J connectivity index is 1.37. The Morgan fingerprint density at radius 3 is 2.52 bits per heavy atom. The number of hydrogen-bond donors (Lipinski definition) is 1. The zero-order chi connectivity index (χ0) is 19.1. The maximum atomic E-state index is 12.5. The lowest BCUT2D eigenvalue weighted by molar-refractivity contribution is -0.149. The van der Waals surface area contributed by atoms with E-state index in [-0.39, 0.29) is 24.0 Å². The SMILES string of the molecule is CCOC(=O)C1CCN(C(=O)NC2CCN(Cc3ccccn3)CC2)CC1. The molecule has 2 fully saturated rings. The van der Waals surface area contributed by atoms with Gasteiger partial charge in [0.05, 0.1) is 18.2 Å². The highest BCUT2D eigenvalue weighted by atomic mass is 16.5. The van der Waals surface area contributed by atoms with Gasteiger partial charge in [-0.3, -0.25) is 14.7 Å². The molecule has 0 radical (unpaired) electrons. The Hall–Kier alpha value is -2.15. The lowest BCUT2D eigenvalue weighted by Crippen LogP contribution is -2.51. The first kappa shape index (κ1) is 19.6. The Kier molecular flexibility index (Phi) is 7.04. The van der Waals surface area contributed by atoms with Crippen molar-refractivity contribution in [3.63, 3.8) is 0 Å². The van der Waals surface area contributed by atoms with E-state index in [1.807, 2.05) is 36.2 Å². The Morgan fingerprint density at radius 1 is 1.15 bits per heavy atom. The molecule has 7 nitrogen and oxygen atoms in total. The van der Waals surface area contributed by atoms with Crippen molar-refractivity contribution < 1.29 is 14.3 Å². The molecule has 2 aliphatic heterocycles. The molecule has 1 N–H and O–H groups in total. The van der Waals surface area contributed by atoms with Crippen LogP contribution in [0.2, 0.25) is 0 Å². The number of ether oxygens (including phenoxy) is 1. The second-order valence-corrected chi connectivity index (χ2v) is 7.33. The van der Waals surface area contributed by atoms with Gasteiger partial charge in [-0.25, -0.2) is 4.79 Å². The minimum atomic E-state index is -0.127. The molecule has 0 unspecified atom stereocenters. The number of piperidine rings is 2. The van der Waals surface area contributed by atoms with Crippen molar-refractivity contribution in [2.24, 2.45) is 5.92 Å². The largest absolute Gasteiger partial charge is 0.466 e. The van der Waals surface area contributed by atoms with Crippen LogP contribution < -0.4 is 5.32 Å². The zero-order valence-corrected chi connectivity index (χ0v) is 16.1. The molecule has 3 rings (SSSR count). The van der Waals surface area contributed by atoms with Crippen LogP contribution in [0, 0.1) is 5.92 Å². The highest BCUT2D eigenvalue weighted by Gasteiger charge is 2.29. The number of hydrogen-bond acceptors (Lipinski definition) is 5. The number of rotatable bonds is 5. The highest BCUT2D eigenvalue weighted by molar-refractivity contribution is 5.76. The van der Waals surface area contributed by atoms with Crippen molar-refractivity contribution in [2.45, 2.75) is 45.2 Å². The molecule has 3 heterocycles. The first-order chi connectivity index (χ1) is 13.2. The predicted molar refractivity (Wildman–Crippen MR) is 102 cm³/mol. The lowest BCUT2D eigenvalue weighted by Gasteiger charge is -2.35. The predicted octanol–water partition coefficient (Wildman–Crippen LogP) is 2.03. The number of urea groups is 1. The average molecular weight is 374 g/mol. The lowest BCUT2D eigenvalue weighted by atomic mass is 9.97. The van der Waals surface area contributed by atoms with Crippen LogP contribution in [-0.4, -0.2) is 65.6 Å². The molecule has 0 spiro atoms. The fourth-order valence-corrected chi connectivity index (χ4v) is 3.80. The highest BCUT2D eigenvalue weighted by Crippen LogP contribution is 2.19. The quantitative estimate of drug-likeness (QED) is 0.798. The second kappa shape index (κ2) is 9.69. The molecule has 27 heavy (non-hydrogen) atoms. The molecular weight excluding hydrogens is 344 g/mol. The van der Waals surface area contributed by atoms with Crippen molar-refractivity contribution in [3.8, 4) is 0 Å². The number of likely N-dealkylation sites (tertiary alicyclic amines) is 2. The summed E-state index contributed by atoms with van der Waals surface area (Å²) in [7, 11) is 0. The third-order valence-electron chi connectivity index (χ3n) is 5.43. The number of pyridine rings is 1. The molecule has 148 valence electrons. The van der Waals surface area contributed by atoms with E-state index < -0.39 is 0 Å². The number of nitrogens with zero attached hydrogens (tertiary/aromatic N) is 3. The van der Waals surface area contributed by atoms with Gasteiger partial charge in [0.1, 0.15) is 0 Å². The normalized spacial score (nSPS) is 19.7. The molecule has 1 aromatic rings. The number of carbonyl (C=O) groups excluding carboxylic acids is 2. The van der Waals surface area contributed by atoms with Gasteiger partial charge in [-0.2, -0.15) is 0 Å². The van der Waals surface area contributed by atoms with E-state index in [0.29, 0.717) is 32.5 Å². The van der Waals surface area contributed by atoms with E-state index in [1.165, 1.54) is 0 Å². The van der Waals surface area contributed by atoms with E-state index in [4.69, 9.17) is 4.74 Å². The summed E-state index contributed by atoms with van der Waals surface area (Å²) in [4.78, 5) is 32.9. The molecule has 0 atom stereocenters. The fourth-order valence-electron chi connectivity index (χ4n) is 3.80. The van der Waals surface area contributed by atoms with Crippen molar-refractivity contribution in [3.05, 3.63) is 30.1 Å². The molecule has 0 aliphatic carbocycles.